The summed E-state index contributed by atoms with van der Waals surface area (Å²) in [6, 6.07) is 2.80. The van der Waals surface area contributed by atoms with E-state index in [1.54, 1.807) is 37.0 Å². The van der Waals surface area contributed by atoms with Gasteiger partial charge in [0.1, 0.15) is 16.7 Å². The molecule has 2 N–H and O–H groups in total. The van der Waals surface area contributed by atoms with Gasteiger partial charge >= 0.3 is 0 Å². The number of unbranched alkanes of at least 4 members (excludes halogenated alkanes) is 2. The summed E-state index contributed by atoms with van der Waals surface area (Å²) in [7, 11) is 0. The Morgan fingerprint density at radius 3 is 2.65 bits per heavy atom. The number of rotatable bonds is 10. The number of pyridine rings is 1. The van der Waals surface area contributed by atoms with Crippen molar-refractivity contribution in [3.8, 4) is 0 Å². The number of Topliss-reactive ketones (excluding diaryl/α,β-unsaturated/α-hetero) is 1. The third-order valence-electron chi connectivity index (χ3n) is 3.73. The highest BCUT2D eigenvalue weighted by atomic mass is 32.1. The highest BCUT2D eigenvalue weighted by Gasteiger charge is 2.22. The van der Waals surface area contributed by atoms with Gasteiger partial charge in [0.15, 0.2) is 0 Å². The molecular weight excluding hydrogens is 352 g/mol. The zero-order chi connectivity index (χ0) is 18.8. The van der Waals surface area contributed by atoms with Crippen molar-refractivity contribution in [2.45, 2.75) is 45.1 Å². The fourth-order valence-corrected chi connectivity index (χ4v) is 2.91. The van der Waals surface area contributed by atoms with Crippen LogP contribution in [0, 0.1) is 0 Å². The number of amides is 2. The molecule has 0 saturated carbocycles. The topological polar surface area (TPSA) is 101 Å². The molecule has 0 saturated heterocycles. The van der Waals surface area contributed by atoms with Gasteiger partial charge in [0.2, 0.25) is 5.91 Å². The van der Waals surface area contributed by atoms with Crippen molar-refractivity contribution in [3.63, 3.8) is 0 Å². The van der Waals surface area contributed by atoms with Crippen molar-refractivity contribution in [1.82, 2.24) is 15.3 Å². The largest absolute Gasteiger partial charge is 0.339 e. The number of ketones is 1. The Labute approximate surface area is 156 Å². The maximum absolute atomic E-state index is 12.6. The average molecular weight is 374 g/mol. The summed E-state index contributed by atoms with van der Waals surface area (Å²) in [6.07, 6.45) is 8.03. The van der Waals surface area contributed by atoms with Crippen LogP contribution in [0.15, 0.2) is 36.2 Å². The summed E-state index contributed by atoms with van der Waals surface area (Å²) in [5.74, 6) is -0.445. The lowest BCUT2D eigenvalue weighted by Gasteiger charge is -2.18. The van der Waals surface area contributed by atoms with Crippen molar-refractivity contribution in [3.05, 3.63) is 41.1 Å². The third kappa shape index (κ3) is 6.72. The van der Waals surface area contributed by atoms with Gasteiger partial charge < -0.3 is 15.4 Å². The van der Waals surface area contributed by atoms with Gasteiger partial charge in [0.25, 0.3) is 5.91 Å². The van der Waals surface area contributed by atoms with E-state index < -0.39 is 6.04 Å². The number of anilines is 1. The predicted octanol–water partition coefficient (Wildman–Crippen LogP) is 2.81. The van der Waals surface area contributed by atoms with Crippen molar-refractivity contribution in [2.24, 2.45) is 0 Å². The number of nitrogens with one attached hydrogen (secondary N) is 2. The van der Waals surface area contributed by atoms with E-state index in [4.69, 9.17) is 0 Å². The number of carbonyl (C=O) groups is 3. The summed E-state index contributed by atoms with van der Waals surface area (Å²) < 4.78 is 0. The molecule has 0 unspecified atom stereocenters. The lowest BCUT2D eigenvalue weighted by Crippen LogP contribution is -2.43. The van der Waals surface area contributed by atoms with Gasteiger partial charge in [0, 0.05) is 12.6 Å². The van der Waals surface area contributed by atoms with Gasteiger partial charge in [-0.25, -0.2) is 0 Å². The highest BCUT2D eigenvalue weighted by Crippen LogP contribution is 2.12. The fraction of sp³-hybridized carbons (Fsp3) is 0.389. The van der Waals surface area contributed by atoms with Gasteiger partial charge in [-0.05, 0) is 31.9 Å². The van der Waals surface area contributed by atoms with E-state index in [9.17, 15) is 14.4 Å². The number of hydrogen-bond donors (Lipinski definition) is 2. The zero-order valence-electron chi connectivity index (χ0n) is 14.6. The molecule has 2 rings (SSSR count). The first-order chi connectivity index (χ1) is 12.6. The number of carbonyl (C=O) groups excluding carboxylic acids is 3. The maximum atomic E-state index is 12.6. The average Bonchev–Trinajstić information content (AvgIpc) is 3.15. The molecule has 2 aromatic rings. The number of aromatic nitrogens is 2. The summed E-state index contributed by atoms with van der Waals surface area (Å²) in [6.45, 7) is 1.57. The molecule has 2 aromatic heterocycles. The zero-order valence-corrected chi connectivity index (χ0v) is 15.4. The predicted molar refractivity (Wildman–Crippen MR) is 100 cm³/mol. The summed E-state index contributed by atoms with van der Waals surface area (Å²) in [5.41, 5.74) is 2.15. The summed E-state index contributed by atoms with van der Waals surface area (Å²) >= 11 is 1.22. The van der Waals surface area contributed by atoms with Crippen LogP contribution in [-0.4, -0.2) is 33.6 Å². The Balaban J connectivity index is 1.94. The minimum absolute atomic E-state index is 0.161. The smallest absolute Gasteiger partial charge is 0.263 e. The quantitative estimate of drug-likeness (QED) is 0.623. The van der Waals surface area contributed by atoms with Crippen LogP contribution >= 0.6 is 11.3 Å². The van der Waals surface area contributed by atoms with Crippen molar-refractivity contribution in [2.75, 3.05) is 5.32 Å². The van der Waals surface area contributed by atoms with E-state index in [0.717, 1.165) is 19.3 Å². The molecule has 8 heteroatoms. The van der Waals surface area contributed by atoms with E-state index in [2.05, 4.69) is 20.6 Å². The van der Waals surface area contributed by atoms with Crippen LogP contribution in [0.2, 0.25) is 0 Å². The minimum atomic E-state index is -0.665. The normalized spacial score (nSPS) is 11.6. The van der Waals surface area contributed by atoms with E-state index in [0.29, 0.717) is 23.4 Å². The summed E-state index contributed by atoms with van der Waals surface area (Å²) in [5, 5.41) is 5.54. The maximum Gasteiger partial charge on any atom is 0.263 e. The monoisotopic (exact) mass is 374 g/mol. The second kappa shape index (κ2) is 10.4. The van der Waals surface area contributed by atoms with Gasteiger partial charge in [-0.1, -0.05) is 12.8 Å². The number of nitrogens with zero attached hydrogens (tertiary/aromatic N) is 2. The number of hydrogen-bond acceptors (Lipinski definition) is 6. The van der Waals surface area contributed by atoms with Crippen molar-refractivity contribution in [1.29, 1.82) is 0 Å². The molecule has 1 atom stereocenters. The van der Waals surface area contributed by atoms with Gasteiger partial charge in [-0.15, -0.1) is 11.3 Å². The van der Waals surface area contributed by atoms with E-state index in [-0.39, 0.29) is 17.6 Å². The molecule has 2 amide bonds. The number of thiazole rings is 1. The molecule has 7 nitrogen and oxygen atoms in total. The molecule has 0 bridgehead atoms. The molecule has 26 heavy (non-hydrogen) atoms. The molecule has 0 radical (unpaired) electrons. The second-order valence-electron chi connectivity index (χ2n) is 5.92. The molecule has 0 aliphatic rings. The standard InChI is InChI=1S/C18H22N4O3S/c1-13(23)6-3-2-4-8-15(22-18(25)16-11-20-12-26-16)17(24)21-14-7-5-9-19-10-14/h5,7,9-12,15H,2-4,6,8H2,1H3,(H,21,24)(H,22,25)/t15-/m0/s1. The lowest BCUT2D eigenvalue weighted by atomic mass is 10.1. The first-order valence-corrected chi connectivity index (χ1v) is 9.34. The highest BCUT2D eigenvalue weighted by molar-refractivity contribution is 7.11. The van der Waals surface area contributed by atoms with E-state index in [1.165, 1.54) is 17.5 Å². The molecule has 0 fully saturated rings. The van der Waals surface area contributed by atoms with Crippen molar-refractivity contribution < 1.29 is 14.4 Å². The van der Waals surface area contributed by atoms with Crippen LogP contribution in [0.4, 0.5) is 5.69 Å². The van der Waals surface area contributed by atoms with Crippen LogP contribution in [0.5, 0.6) is 0 Å². The van der Waals surface area contributed by atoms with Gasteiger partial charge in [-0.3, -0.25) is 19.6 Å². The molecule has 138 valence electrons. The summed E-state index contributed by atoms with van der Waals surface area (Å²) in [4.78, 5) is 44.1. The Kier molecular flexibility index (Phi) is 7.88. The molecule has 0 aliphatic heterocycles. The van der Waals surface area contributed by atoms with Crippen LogP contribution < -0.4 is 10.6 Å². The minimum Gasteiger partial charge on any atom is -0.339 e. The van der Waals surface area contributed by atoms with E-state index in [1.807, 2.05) is 0 Å². The molecule has 0 aromatic carbocycles. The van der Waals surface area contributed by atoms with Gasteiger partial charge in [-0.2, -0.15) is 0 Å². The lowest BCUT2D eigenvalue weighted by molar-refractivity contribution is -0.118. The molecule has 0 spiro atoms. The Morgan fingerprint density at radius 1 is 1.15 bits per heavy atom. The Morgan fingerprint density at radius 2 is 2.00 bits per heavy atom. The van der Waals surface area contributed by atoms with Crippen LogP contribution in [0.3, 0.4) is 0 Å². The molecular formula is C18H22N4O3S. The van der Waals surface area contributed by atoms with E-state index >= 15 is 0 Å². The van der Waals surface area contributed by atoms with Crippen molar-refractivity contribution >= 4 is 34.6 Å². The fourth-order valence-electron chi connectivity index (χ4n) is 2.39. The van der Waals surface area contributed by atoms with Gasteiger partial charge in [0.05, 0.1) is 23.6 Å². The Hall–Kier alpha value is -2.61. The van der Waals surface area contributed by atoms with Crippen LogP contribution in [0.1, 0.15) is 48.7 Å². The van der Waals surface area contributed by atoms with Crippen LogP contribution in [-0.2, 0) is 9.59 Å². The Bertz CT molecular complexity index is 719. The third-order valence-corrected chi connectivity index (χ3v) is 4.50. The van der Waals surface area contributed by atoms with Crippen LogP contribution in [0.25, 0.3) is 0 Å². The molecule has 2 heterocycles. The SMILES string of the molecule is CC(=O)CCCCC[C@H](NC(=O)c1cncs1)C(=O)Nc1cccnc1. The molecule has 0 aliphatic carbocycles. The first-order valence-electron chi connectivity index (χ1n) is 8.46. The first kappa shape index (κ1) is 19.7. The second-order valence-corrected chi connectivity index (χ2v) is 6.81.